The first-order valence-corrected chi connectivity index (χ1v) is 7.68. The second kappa shape index (κ2) is 4.51. The van der Waals surface area contributed by atoms with Crippen molar-refractivity contribution in [2.24, 2.45) is 0 Å². The lowest BCUT2D eigenvalue weighted by Crippen LogP contribution is -2.53. The summed E-state index contributed by atoms with van der Waals surface area (Å²) in [7, 11) is 0. The van der Waals surface area contributed by atoms with Gasteiger partial charge in [-0.1, -0.05) is 6.07 Å². The Bertz CT molecular complexity index is 1150. The molecule has 0 amide bonds. The van der Waals surface area contributed by atoms with Crippen LogP contribution in [-0.4, -0.2) is 22.6 Å². The van der Waals surface area contributed by atoms with E-state index in [1.807, 2.05) is 24.3 Å². The van der Waals surface area contributed by atoms with Gasteiger partial charge in [0.05, 0.1) is 10.9 Å². The number of rotatable bonds is 2. The minimum atomic E-state index is -1.14. The van der Waals surface area contributed by atoms with Gasteiger partial charge in [0, 0.05) is 21.9 Å². The van der Waals surface area contributed by atoms with Crippen LogP contribution in [0.4, 0.5) is 0 Å². The molecular formula is C19H10NO5+. The summed E-state index contributed by atoms with van der Waals surface area (Å²) in [4.78, 5) is 42.3. The molecule has 6 nitrogen and oxygen atoms in total. The fourth-order valence-electron chi connectivity index (χ4n) is 3.50. The number of carbonyl (C=O) groups excluding carboxylic acids is 2. The molecule has 6 heteroatoms. The van der Waals surface area contributed by atoms with Crippen molar-refractivity contribution >= 4 is 28.4 Å². The van der Waals surface area contributed by atoms with E-state index in [0.29, 0.717) is 11.4 Å². The highest BCUT2D eigenvalue weighted by atomic mass is 16.7. The zero-order valence-corrected chi connectivity index (χ0v) is 12.7. The number of ketones is 2. The van der Waals surface area contributed by atoms with Gasteiger partial charge in [-0.05, 0) is 36.4 Å². The number of aromatic carboxylic acids is 1. The van der Waals surface area contributed by atoms with Gasteiger partial charge in [0.15, 0.2) is 17.5 Å². The number of carbonyl (C=O) groups is 3. The number of nitrogens with zero attached hydrogens (tertiary/aromatic N) is 1. The van der Waals surface area contributed by atoms with Crippen LogP contribution in [0.1, 0.15) is 42.7 Å². The first-order valence-electron chi connectivity index (χ1n) is 7.68. The predicted octanol–water partition coefficient (Wildman–Crippen LogP) is 2.14. The van der Waals surface area contributed by atoms with Crippen LogP contribution in [0.2, 0.25) is 0 Å². The Balaban J connectivity index is 1.67. The molecular weight excluding hydrogens is 322 g/mol. The molecule has 0 saturated heterocycles. The molecule has 1 unspecified atom stereocenters. The van der Waals surface area contributed by atoms with Gasteiger partial charge in [-0.25, -0.2) is 9.63 Å². The second-order valence-corrected chi connectivity index (χ2v) is 6.06. The third kappa shape index (κ3) is 1.68. The summed E-state index contributed by atoms with van der Waals surface area (Å²) in [6.07, 6.45) is 0. The first-order chi connectivity index (χ1) is 12.1. The summed E-state index contributed by atoms with van der Waals surface area (Å²) >= 11 is 0. The monoisotopic (exact) mass is 332 g/mol. The highest BCUT2D eigenvalue weighted by Gasteiger charge is 2.48. The molecule has 5 rings (SSSR count). The number of hydrogen-bond acceptors (Lipinski definition) is 4. The number of pyridine rings is 1. The lowest BCUT2D eigenvalue weighted by atomic mass is 9.97. The van der Waals surface area contributed by atoms with E-state index < -0.39 is 17.7 Å². The Morgan fingerprint density at radius 1 is 1.00 bits per heavy atom. The first kappa shape index (κ1) is 13.9. The number of Topliss-reactive ketones (excluding diaryl/α,β-unsaturated/α-hetero) is 2. The molecule has 1 atom stereocenters. The van der Waals surface area contributed by atoms with Crippen molar-refractivity contribution in [3.05, 3.63) is 70.9 Å². The van der Waals surface area contributed by atoms with Crippen LogP contribution in [0, 0.1) is 0 Å². The van der Waals surface area contributed by atoms with Crippen LogP contribution in [-0.2, 0) is 0 Å². The Hall–Kier alpha value is -3.54. The standard InChI is InChI=1S/C19H9NO5/c21-17-11-6-4-10(19(23)24)8-12(11)18(22)15(17)13-7-5-9-2-1-3-14-16(9)20(13)25-14/h1-8,15H/p+1. The van der Waals surface area contributed by atoms with E-state index in [-0.39, 0.29) is 22.5 Å². The molecule has 1 aliphatic heterocycles. The molecule has 120 valence electrons. The zero-order valence-electron chi connectivity index (χ0n) is 12.7. The van der Waals surface area contributed by atoms with Crippen LogP contribution >= 0.6 is 0 Å². The van der Waals surface area contributed by atoms with Crippen LogP contribution in [0.3, 0.4) is 0 Å². The minimum Gasteiger partial charge on any atom is -0.478 e. The topological polar surface area (TPSA) is 84.6 Å². The molecule has 2 heterocycles. The van der Waals surface area contributed by atoms with Crippen molar-refractivity contribution in [2.75, 3.05) is 0 Å². The fourth-order valence-corrected chi connectivity index (χ4v) is 3.50. The summed E-state index contributed by atoms with van der Waals surface area (Å²) in [6.45, 7) is 0. The molecule has 1 aromatic heterocycles. The smallest absolute Gasteiger partial charge is 0.335 e. The highest BCUT2D eigenvalue weighted by Crippen LogP contribution is 2.36. The summed E-state index contributed by atoms with van der Waals surface area (Å²) < 4.78 is 1.51. The third-order valence-corrected chi connectivity index (χ3v) is 4.71. The SMILES string of the molecule is O=C(O)c1ccc2c(c1)C(=O)C(c1ccc3cccc4c3[n+]1O4)C2=O. The highest BCUT2D eigenvalue weighted by molar-refractivity contribution is 6.29. The largest absolute Gasteiger partial charge is 0.478 e. The van der Waals surface area contributed by atoms with E-state index in [9.17, 15) is 14.4 Å². The normalized spacial score (nSPS) is 17.2. The number of para-hydroxylation sites is 1. The van der Waals surface area contributed by atoms with Crippen LogP contribution in [0.5, 0.6) is 5.75 Å². The van der Waals surface area contributed by atoms with Crippen LogP contribution < -0.4 is 9.57 Å². The van der Waals surface area contributed by atoms with E-state index >= 15 is 0 Å². The fraction of sp³-hybridized carbons (Fsp3) is 0.0526. The maximum absolute atomic E-state index is 12.8. The second-order valence-electron chi connectivity index (χ2n) is 6.06. The van der Waals surface area contributed by atoms with Crippen molar-refractivity contribution in [1.82, 2.24) is 0 Å². The van der Waals surface area contributed by atoms with Gasteiger partial charge in [0.25, 0.3) is 11.4 Å². The number of benzene rings is 2. The van der Waals surface area contributed by atoms with Crippen molar-refractivity contribution in [3.8, 4) is 5.75 Å². The Morgan fingerprint density at radius 3 is 2.60 bits per heavy atom. The van der Waals surface area contributed by atoms with Gasteiger partial charge in [-0.2, -0.15) is 0 Å². The molecule has 1 N–H and O–H groups in total. The summed E-state index contributed by atoms with van der Waals surface area (Å²) in [5.41, 5.74) is 1.67. The molecule has 0 radical (unpaired) electrons. The van der Waals surface area contributed by atoms with Crippen LogP contribution in [0.15, 0.2) is 48.5 Å². The molecule has 2 aliphatic rings. The molecule has 0 saturated carbocycles. The van der Waals surface area contributed by atoms with Gasteiger partial charge in [0.1, 0.15) is 0 Å². The maximum atomic E-state index is 12.8. The summed E-state index contributed by atoms with van der Waals surface area (Å²) in [6, 6.07) is 13.2. The summed E-state index contributed by atoms with van der Waals surface area (Å²) in [5.74, 6) is -2.20. The Morgan fingerprint density at radius 2 is 1.80 bits per heavy atom. The van der Waals surface area contributed by atoms with E-state index in [1.54, 1.807) is 6.07 Å². The number of aromatic nitrogens is 1. The van der Waals surface area contributed by atoms with Crippen molar-refractivity contribution < 1.29 is 29.1 Å². The van der Waals surface area contributed by atoms with Gasteiger partial charge < -0.3 is 5.11 Å². The molecule has 0 bridgehead atoms. The number of carboxylic acids is 1. The lowest BCUT2D eigenvalue weighted by molar-refractivity contribution is -0.882. The van der Waals surface area contributed by atoms with E-state index in [4.69, 9.17) is 9.94 Å². The van der Waals surface area contributed by atoms with Gasteiger partial charge in [-0.3, -0.25) is 9.59 Å². The average Bonchev–Trinajstić information content (AvgIpc) is 2.83. The molecule has 0 spiro atoms. The average molecular weight is 332 g/mol. The Labute approximate surface area is 140 Å². The minimum absolute atomic E-state index is 0.0161. The zero-order chi connectivity index (χ0) is 17.3. The van der Waals surface area contributed by atoms with Crippen molar-refractivity contribution in [2.45, 2.75) is 5.92 Å². The van der Waals surface area contributed by atoms with E-state index in [0.717, 1.165) is 10.9 Å². The lowest BCUT2D eigenvalue weighted by Gasteiger charge is -2.15. The Kier molecular flexibility index (Phi) is 2.50. The quantitative estimate of drug-likeness (QED) is 0.449. The molecule has 3 aromatic rings. The third-order valence-electron chi connectivity index (χ3n) is 4.71. The van der Waals surface area contributed by atoms with Gasteiger partial charge in [-0.15, -0.1) is 0 Å². The van der Waals surface area contributed by atoms with Gasteiger partial charge in [0.2, 0.25) is 0 Å². The molecule has 0 fully saturated rings. The molecule has 2 aromatic carbocycles. The molecule has 25 heavy (non-hydrogen) atoms. The van der Waals surface area contributed by atoms with Crippen molar-refractivity contribution in [1.29, 1.82) is 0 Å². The van der Waals surface area contributed by atoms with Crippen LogP contribution in [0.25, 0.3) is 10.9 Å². The van der Waals surface area contributed by atoms with E-state index in [1.165, 1.54) is 22.9 Å². The van der Waals surface area contributed by atoms with Crippen molar-refractivity contribution in [3.63, 3.8) is 0 Å². The summed E-state index contributed by atoms with van der Waals surface area (Å²) in [5, 5.41) is 10.1. The van der Waals surface area contributed by atoms with Gasteiger partial charge >= 0.3 is 11.5 Å². The maximum Gasteiger partial charge on any atom is 0.335 e. The van der Waals surface area contributed by atoms with E-state index in [2.05, 4.69) is 0 Å². The number of hydrogen-bond donors (Lipinski definition) is 1. The number of carboxylic acid groups (broad SMARTS) is 1. The molecule has 1 aliphatic carbocycles. The number of fused-ring (bicyclic) bond motifs is 1. The predicted molar refractivity (Wildman–Crippen MR) is 85.0 cm³/mol.